The van der Waals surface area contributed by atoms with Gasteiger partial charge in [0.15, 0.2) is 16.6 Å². The van der Waals surface area contributed by atoms with Gasteiger partial charge < -0.3 is 18.3 Å². The van der Waals surface area contributed by atoms with Crippen molar-refractivity contribution in [1.82, 2.24) is 0 Å². The molecule has 40 heavy (non-hydrogen) atoms. The molecule has 234 valence electrons. The number of ether oxygens (including phenoxy) is 2. The zero-order valence-corrected chi connectivity index (χ0v) is 31.0. The van der Waals surface area contributed by atoms with Gasteiger partial charge in [0, 0.05) is 25.6 Å². The molecule has 0 unspecified atom stereocenters. The summed E-state index contributed by atoms with van der Waals surface area (Å²) in [5.41, 5.74) is 1.20. The molecule has 0 heterocycles. The predicted octanol–water partition coefficient (Wildman–Crippen LogP) is 10.1. The molecule has 0 spiro atoms. The lowest BCUT2D eigenvalue weighted by Crippen LogP contribution is -2.54. The van der Waals surface area contributed by atoms with E-state index in [9.17, 15) is 0 Å². The van der Waals surface area contributed by atoms with Crippen LogP contribution < -0.4 is 0 Å². The van der Waals surface area contributed by atoms with Crippen LogP contribution in [0.25, 0.3) is 0 Å². The first kappa shape index (κ1) is 37.5. The summed E-state index contributed by atoms with van der Waals surface area (Å²) >= 11 is 0. The second-order valence-electron chi connectivity index (χ2n) is 15.3. The average Bonchev–Trinajstić information content (AvgIpc) is 2.84. The monoisotopic (exact) mass is 594 g/mol. The minimum absolute atomic E-state index is 0.0361. The van der Waals surface area contributed by atoms with Gasteiger partial charge in [-0.2, -0.15) is 0 Å². The summed E-state index contributed by atoms with van der Waals surface area (Å²) in [6.07, 6.45) is 3.38. The summed E-state index contributed by atoms with van der Waals surface area (Å²) in [7, 11) is -2.20. The maximum absolute atomic E-state index is 7.35. The van der Waals surface area contributed by atoms with Crippen LogP contribution in [0.4, 0.5) is 0 Å². The second kappa shape index (κ2) is 15.8. The number of benzene rings is 1. The topological polar surface area (TPSA) is 36.9 Å². The molecule has 0 aliphatic heterocycles. The van der Waals surface area contributed by atoms with E-state index >= 15 is 0 Å². The Morgan fingerprint density at radius 2 is 1.23 bits per heavy atom. The predicted molar refractivity (Wildman–Crippen MR) is 178 cm³/mol. The molecule has 1 rings (SSSR count). The van der Waals surface area contributed by atoms with E-state index < -0.39 is 16.6 Å². The quantitative estimate of drug-likeness (QED) is 0.133. The van der Waals surface area contributed by atoms with Crippen molar-refractivity contribution < 1.29 is 18.3 Å². The largest absolute Gasteiger partial charge is 0.413 e. The van der Waals surface area contributed by atoms with E-state index in [4.69, 9.17) is 18.3 Å². The zero-order valence-electron chi connectivity index (χ0n) is 29.0. The molecule has 0 amide bonds. The Morgan fingerprint density at radius 3 is 1.68 bits per heavy atom. The summed E-state index contributed by atoms with van der Waals surface area (Å²) in [6, 6.07) is 10.4. The molecule has 0 N–H and O–H groups in total. The molecule has 6 heteroatoms. The van der Waals surface area contributed by atoms with E-state index in [1.807, 2.05) is 13.2 Å². The van der Waals surface area contributed by atoms with Crippen molar-refractivity contribution in [2.45, 2.75) is 150 Å². The molecule has 0 fully saturated rings. The van der Waals surface area contributed by atoms with E-state index in [1.165, 1.54) is 5.56 Å². The van der Waals surface area contributed by atoms with Crippen LogP contribution >= 0.6 is 0 Å². The third-order valence-corrected chi connectivity index (χ3v) is 18.8. The van der Waals surface area contributed by atoms with Crippen LogP contribution in [-0.4, -0.2) is 48.7 Å². The van der Waals surface area contributed by atoms with Crippen molar-refractivity contribution in [3.8, 4) is 0 Å². The van der Waals surface area contributed by atoms with Crippen molar-refractivity contribution in [3.63, 3.8) is 0 Å². The van der Waals surface area contributed by atoms with Crippen LogP contribution in [0, 0.1) is 17.8 Å². The molecule has 0 aromatic heterocycles. The summed E-state index contributed by atoms with van der Waals surface area (Å²) in [5.74, 6) is 0.901. The zero-order chi connectivity index (χ0) is 30.9. The second-order valence-corrected chi connectivity index (χ2v) is 24.8. The molecule has 0 saturated carbocycles. The third kappa shape index (κ3) is 11.0. The van der Waals surface area contributed by atoms with E-state index in [0.29, 0.717) is 19.1 Å². The highest BCUT2D eigenvalue weighted by Crippen LogP contribution is 2.44. The van der Waals surface area contributed by atoms with Crippen LogP contribution in [0.2, 0.25) is 36.3 Å². The molecule has 0 aliphatic rings. The first-order chi connectivity index (χ1) is 18.3. The summed E-state index contributed by atoms with van der Waals surface area (Å²) in [4.78, 5) is 0. The maximum atomic E-state index is 7.35. The normalized spacial score (nSPS) is 18.2. The van der Waals surface area contributed by atoms with E-state index in [1.54, 1.807) is 0 Å². The van der Waals surface area contributed by atoms with Gasteiger partial charge in [0.25, 0.3) is 0 Å². The average molecular weight is 595 g/mol. The van der Waals surface area contributed by atoms with E-state index in [-0.39, 0.29) is 40.2 Å². The van der Waals surface area contributed by atoms with Crippen molar-refractivity contribution in [2.24, 2.45) is 17.8 Å². The van der Waals surface area contributed by atoms with Gasteiger partial charge in [-0.3, -0.25) is 0 Å². The molecule has 1 aromatic carbocycles. The Bertz CT molecular complexity index is 829. The molecule has 0 aliphatic carbocycles. The molecular weight excluding hydrogens is 529 g/mol. The van der Waals surface area contributed by atoms with E-state index in [0.717, 1.165) is 19.3 Å². The van der Waals surface area contributed by atoms with Gasteiger partial charge in [-0.05, 0) is 60.6 Å². The lowest BCUT2D eigenvalue weighted by atomic mass is 9.80. The number of hydrogen-bond acceptors (Lipinski definition) is 4. The number of methoxy groups -OCH3 is 1. The fraction of sp³-hybridized carbons (Fsp3) is 0.824. The van der Waals surface area contributed by atoms with Gasteiger partial charge in [-0.25, -0.2) is 0 Å². The molecule has 0 radical (unpaired) electrons. The van der Waals surface area contributed by atoms with Crippen molar-refractivity contribution in [1.29, 1.82) is 0 Å². The number of rotatable bonds is 17. The summed E-state index contributed by atoms with van der Waals surface area (Å²) in [5, 5.41) is 0.278. The first-order valence-electron chi connectivity index (χ1n) is 15.8. The highest BCUT2D eigenvalue weighted by molar-refractivity contribution is 6.74. The molecule has 0 saturated heterocycles. The van der Waals surface area contributed by atoms with Crippen molar-refractivity contribution in [2.75, 3.05) is 13.7 Å². The van der Waals surface area contributed by atoms with E-state index in [2.05, 4.69) is 120 Å². The van der Waals surface area contributed by atoms with Crippen molar-refractivity contribution >= 4 is 16.6 Å². The third-order valence-electron chi connectivity index (χ3n) is 9.88. The molecule has 0 bridgehead atoms. The Hall–Kier alpha value is -0.506. The smallest absolute Gasteiger partial charge is 0.192 e. The standard InChI is InChI=1S/C34H66O4Si2/c1-16-20-26(2)31(37-39(12,13)33(5,6)7)28(4)32(38-40(14,15)34(8,9)10)27(3)30(35-11)23-24-36-25-29-21-18-17-19-22-29/h17-19,21-22,26-28,30-32H,16,20,23-25H2,1-15H3/t26-,27+,28+,30+,31+,32+/m1/s1. The van der Waals surface area contributed by atoms with Gasteiger partial charge in [0.05, 0.1) is 24.9 Å². The SMILES string of the molecule is CCC[C@@H](C)[C@H](O[Si](C)(C)C(C)(C)C)[C@H](C)[C@@H](O[Si](C)(C)C(C)(C)C)[C@@H](C)[C@H](CCOCc1ccccc1)OC. The van der Waals surface area contributed by atoms with Gasteiger partial charge in [0.2, 0.25) is 0 Å². The Balaban J connectivity index is 3.31. The molecule has 4 nitrogen and oxygen atoms in total. The van der Waals surface area contributed by atoms with Gasteiger partial charge in [-0.1, -0.05) is 106 Å². The fourth-order valence-corrected chi connectivity index (χ4v) is 7.99. The lowest BCUT2D eigenvalue weighted by molar-refractivity contribution is -0.0659. The van der Waals surface area contributed by atoms with Gasteiger partial charge in [0.1, 0.15) is 0 Å². The minimum Gasteiger partial charge on any atom is -0.413 e. The highest BCUT2D eigenvalue weighted by Gasteiger charge is 2.47. The van der Waals surface area contributed by atoms with Crippen LogP contribution in [-0.2, 0) is 24.9 Å². The maximum Gasteiger partial charge on any atom is 0.192 e. The van der Waals surface area contributed by atoms with Crippen LogP contribution in [0.15, 0.2) is 30.3 Å². The van der Waals surface area contributed by atoms with Crippen LogP contribution in [0.5, 0.6) is 0 Å². The fourth-order valence-electron chi connectivity index (χ4n) is 5.05. The van der Waals surface area contributed by atoms with Gasteiger partial charge >= 0.3 is 0 Å². The highest BCUT2D eigenvalue weighted by atomic mass is 28.4. The molecular formula is C34H66O4Si2. The number of hydrogen-bond donors (Lipinski definition) is 0. The Kier molecular flexibility index (Phi) is 14.8. The van der Waals surface area contributed by atoms with Crippen molar-refractivity contribution in [3.05, 3.63) is 35.9 Å². The van der Waals surface area contributed by atoms with Crippen LogP contribution in [0.1, 0.15) is 94.1 Å². The minimum atomic E-state index is -2.06. The van der Waals surface area contributed by atoms with Crippen LogP contribution in [0.3, 0.4) is 0 Å². The molecule has 6 atom stereocenters. The Morgan fingerprint density at radius 1 is 0.725 bits per heavy atom. The lowest BCUT2D eigenvalue weighted by Gasteiger charge is -2.48. The molecule has 1 aromatic rings. The summed E-state index contributed by atoms with van der Waals surface area (Å²) in [6.45, 7) is 34.2. The van der Waals surface area contributed by atoms with Gasteiger partial charge in [-0.15, -0.1) is 0 Å². The first-order valence-corrected chi connectivity index (χ1v) is 21.6. The summed E-state index contributed by atoms with van der Waals surface area (Å²) < 4.78 is 26.9. The Labute approximate surface area is 251 Å².